The van der Waals surface area contributed by atoms with Crippen molar-refractivity contribution in [2.75, 3.05) is 0 Å². The van der Waals surface area contributed by atoms with Gasteiger partial charge in [-0.15, -0.1) is 0 Å². The van der Waals surface area contributed by atoms with Crippen LogP contribution in [-0.4, -0.2) is 10.7 Å². The number of hydrogen-bond donors (Lipinski definition) is 2. The summed E-state index contributed by atoms with van der Waals surface area (Å²) in [7, 11) is 0. The standard InChI is InChI=1S/C52H37N3/c53-51(40-25-14-5-15-26-40)50(39-23-12-4-13-24-39)52-46-32-43(29-30-44(46)33-49(55-52)38-21-10-3-11-22-38)41-27-16-28-42(31-41)45-34-47(36-17-6-1-7-18-36)54-48(35-45)37-19-8-2-9-20-37/h1-35,53,55H/b52-50-,53-51?. The summed E-state index contributed by atoms with van der Waals surface area (Å²) in [4.78, 5) is 5.11. The molecule has 2 N–H and O–H groups in total. The summed E-state index contributed by atoms with van der Waals surface area (Å²) in [5, 5.41) is 13.5. The highest BCUT2D eigenvalue weighted by atomic mass is 14.9. The van der Waals surface area contributed by atoms with Gasteiger partial charge in [0.2, 0.25) is 0 Å². The quantitative estimate of drug-likeness (QED) is 0.155. The summed E-state index contributed by atoms with van der Waals surface area (Å²) in [6.07, 6.45) is 2.22. The molecule has 0 fully saturated rings. The molecule has 55 heavy (non-hydrogen) atoms. The summed E-state index contributed by atoms with van der Waals surface area (Å²) in [6, 6.07) is 71.3. The Morgan fingerprint density at radius 2 is 0.873 bits per heavy atom. The zero-order chi connectivity index (χ0) is 37.0. The third-order valence-corrected chi connectivity index (χ3v) is 10.1. The Balaban J connectivity index is 1.21. The molecule has 3 heteroatoms. The van der Waals surface area contributed by atoms with Crippen LogP contribution in [0.2, 0.25) is 0 Å². The van der Waals surface area contributed by atoms with Crippen molar-refractivity contribution in [2.45, 2.75) is 0 Å². The Kier molecular flexibility index (Phi) is 9.09. The summed E-state index contributed by atoms with van der Waals surface area (Å²) in [5.74, 6) is 0. The zero-order valence-corrected chi connectivity index (χ0v) is 30.2. The van der Waals surface area contributed by atoms with Gasteiger partial charge in [-0.25, -0.2) is 4.98 Å². The number of allylic oxidation sites excluding steroid dienone is 1. The molecular weight excluding hydrogens is 667 g/mol. The topological polar surface area (TPSA) is 48.8 Å². The largest absolute Gasteiger partial charge is 0.354 e. The fourth-order valence-corrected chi connectivity index (χ4v) is 7.30. The highest BCUT2D eigenvalue weighted by Crippen LogP contribution is 2.39. The normalized spacial score (nSPS) is 12.9. The Morgan fingerprint density at radius 3 is 1.45 bits per heavy atom. The van der Waals surface area contributed by atoms with Crippen LogP contribution in [0.5, 0.6) is 0 Å². The van der Waals surface area contributed by atoms with Crippen LogP contribution in [0.4, 0.5) is 0 Å². The van der Waals surface area contributed by atoms with Gasteiger partial charge in [0.1, 0.15) is 0 Å². The van der Waals surface area contributed by atoms with Crippen LogP contribution >= 0.6 is 0 Å². The van der Waals surface area contributed by atoms with Crippen LogP contribution in [0.1, 0.15) is 27.8 Å². The maximum atomic E-state index is 9.65. The van der Waals surface area contributed by atoms with Crippen molar-refractivity contribution < 1.29 is 0 Å². The second-order valence-corrected chi connectivity index (χ2v) is 13.6. The third-order valence-electron chi connectivity index (χ3n) is 10.1. The highest BCUT2D eigenvalue weighted by molar-refractivity contribution is 6.36. The van der Waals surface area contributed by atoms with E-state index in [1.54, 1.807) is 0 Å². The van der Waals surface area contributed by atoms with Crippen LogP contribution < -0.4 is 5.32 Å². The van der Waals surface area contributed by atoms with E-state index in [4.69, 9.17) is 4.98 Å². The van der Waals surface area contributed by atoms with Gasteiger partial charge in [-0.3, -0.25) is 5.41 Å². The van der Waals surface area contributed by atoms with Crippen LogP contribution in [-0.2, 0) is 0 Å². The smallest absolute Gasteiger partial charge is 0.0715 e. The number of nitrogens with one attached hydrogen (secondary N) is 2. The summed E-state index contributed by atoms with van der Waals surface area (Å²) < 4.78 is 0. The second kappa shape index (κ2) is 14.9. The summed E-state index contributed by atoms with van der Waals surface area (Å²) >= 11 is 0. The fraction of sp³-hybridized carbons (Fsp3) is 0. The number of fused-ring (bicyclic) bond motifs is 1. The van der Waals surface area contributed by atoms with Gasteiger partial charge in [-0.05, 0) is 69.3 Å². The first-order chi connectivity index (χ1) is 27.2. The highest BCUT2D eigenvalue weighted by Gasteiger charge is 2.24. The number of benzene rings is 7. The lowest BCUT2D eigenvalue weighted by Crippen LogP contribution is -2.20. The predicted octanol–water partition coefficient (Wildman–Crippen LogP) is 12.8. The monoisotopic (exact) mass is 703 g/mol. The Hall–Kier alpha value is -7.36. The molecule has 0 aliphatic carbocycles. The van der Waals surface area contributed by atoms with Gasteiger partial charge in [0, 0.05) is 33.5 Å². The molecule has 9 rings (SSSR count). The van der Waals surface area contributed by atoms with Gasteiger partial charge in [0.15, 0.2) is 0 Å². The molecule has 0 saturated carbocycles. The van der Waals surface area contributed by atoms with Gasteiger partial charge in [0.05, 0.1) is 22.8 Å². The molecule has 0 bridgehead atoms. The molecule has 0 saturated heterocycles. The molecular formula is C52H37N3. The molecule has 7 aromatic carbocycles. The molecule has 1 aromatic heterocycles. The van der Waals surface area contributed by atoms with Crippen molar-refractivity contribution in [3.8, 4) is 44.8 Å². The summed E-state index contributed by atoms with van der Waals surface area (Å²) in [6.45, 7) is 0. The van der Waals surface area contributed by atoms with E-state index in [9.17, 15) is 5.41 Å². The minimum absolute atomic E-state index is 0.461. The molecule has 0 spiro atoms. The van der Waals surface area contributed by atoms with E-state index >= 15 is 0 Å². The SMILES string of the molecule is N=C(/C(=C1\NC(c2ccccc2)=Cc2ccc(-c3cccc(-c4cc(-c5ccccc5)nc(-c5ccccc5)c4)c3)cc21)c1ccccc1)c1ccccc1. The van der Waals surface area contributed by atoms with Gasteiger partial charge >= 0.3 is 0 Å². The first-order valence-corrected chi connectivity index (χ1v) is 18.5. The van der Waals surface area contributed by atoms with Gasteiger partial charge in [-0.2, -0.15) is 0 Å². The Bertz CT molecular complexity index is 2640. The van der Waals surface area contributed by atoms with E-state index in [2.05, 4.69) is 151 Å². The van der Waals surface area contributed by atoms with Crippen molar-refractivity contribution in [3.63, 3.8) is 0 Å². The average molecular weight is 704 g/mol. The van der Waals surface area contributed by atoms with Gasteiger partial charge in [-0.1, -0.05) is 182 Å². The molecule has 2 heterocycles. The number of aromatic nitrogens is 1. The van der Waals surface area contributed by atoms with E-state index in [1.165, 1.54) is 0 Å². The molecule has 1 aliphatic rings. The molecule has 3 nitrogen and oxygen atoms in total. The first-order valence-electron chi connectivity index (χ1n) is 18.5. The first kappa shape index (κ1) is 33.5. The number of rotatable bonds is 8. The van der Waals surface area contributed by atoms with E-state index in [0.29, 0.717) is 5.71 Å². The Labute approximate surface area is 322 Å². The van der Waals surface area contributed by atoms with Crippen LogP contribution in [0.3, 0.4) is 0 Å². The van der Waals surface area contributed by atoms with E-state index < -0.39 is 0 Å². The second-order valence-electron chi connectivity index (χ2n) is 13.6. The molecule has 8 aromatic rings. The van der Waals surface area contributed by atoms with Gasteiger partial charge < -0.3 is 5.32 Å². The molecule has 0 unspecified atom stereocenters. The fourth-order valence-electron chi connectivity index (χ4n) is 7.30. The minimum Gasteiger partial charge on any atom is -0.354 e. The van der Waals surface area contributed by atoms with Crippen molar-refractivity contribution in [1.82, 2.24) is 10.3 Å². The minimum atomic E-state index is 0.461. The van der Waals surface area contributed by atoms with Crippen LogP contribution in [0.25, 0.3) is 67.8 Å². The lowest BCUT2D eigenvalue weighted by molar-refractivity contribution is 1.22. The van der Waals surface area contributed by atoms with Crippen LogP contribution in [0, 0.1) is 5.41 Å². The number of nitrogens with zero attached hydrogens (tertiary/aromatic N) is 1. The van der Waals surface area contributed by atoms with Crippen molar-refractivity contribution in [1.29, 1.82) is 5.41 Å². The van der Waals surface area contributed by atoms with Crippen LogP contribution in [0.15, 0.2) is 206 Å². The van der Waals surface area contributed by atoms with E-state index in [1.807, 2.05) is 66.7 Å². The van der Waals surface area contributed by atoms with E-state index in [-0.39, 0.29) is 0 Å². The lowest BCUT2D eigenvalue weighted by Gasteiger charge is -2.27. The number of pyridine rings is 1. The summed E-state index contributed by atoms with van der Waals surface area (Å²) in [5.41, 5.74) is 16.7. The van der Waals surface area contributed by atoms with E-state index in [0.717, 1.165) is 89.6 Å². The molecule has 260 valence electrons. The predicted molar refractivity (Wildman–Crippen MR) is 230 cm³/mol. The van der Waals surface area contributed by atoms with Crippen molar-refractivity contribution in [3.05, 3.63) is 234 Å². The van der Waals surface area contributed by atoms with Gasteiger partial charge in [0.25, 0.3) is 0 Å². The maximum Gasteiger partial charge on any atom is 0.0715 e. The maximum absolute atomic E-state index is 9.65. The molecule has 1 aliphatic heterocycles. The average Bonchev–Trinajstić information content (AvgIpc) is 3.27. The molecule has 0 radical (unpaired) electrons. The van der Waals surface area contributed by atoms with Crippen molar-refractivity contribution >= 4 is 28.8 Å². The Morgan fingerprint density at radius 1 is 0.400 bits per heavy atom. The molecule has 0 atom stereocenters. The third kappa shape index (κ3) is 6.95. The van der Waals surface area contributed by atoms with Crippen molar-refractivity contribution in [2.24, 2.45) is 0 Å². The lowest BCUT2D eigenvalue weighted by atomic mass is 9.86. The molecule has 0 amide bonds. The number of hydrogen-bond acceptors (Lipinski definition) is 3. The zero-order valence-electron chi connectivity index (χ0n) is 30.2.